The second-order valence-corrected chi connectivity index (χ2v) is 8.94. The van der Waals surface area contributed by atoms with Crippen LogP contribution in [0.5, 0.6) is 0 Å². The van der Waals surface area contributed by atoms with Crippen molar-refractivity contribution in [3.8, 4) is 0 Å². The lowest BCUT2D eigenvalue weighted by Gasteiger charge is -2.43. The molecule has 2 fully saturated rings. The largest absolute Gasteiger partial charge is 0.399 e. The van der Waals surface area contributed by atoms with Gasteiger partial charge in [0.05, 0.1) is 10.6 Å². The number of nitrogens with zero attached hydrogens (tertiary/aromatic N) is 2. The Bertz CT molecular complexity index is 746. The Morgan fingerprint density at radius 1 is 1.31 bits per heavy atom. The van der Waals surface area contributed by atoms with E-state index in [1.165, 1.54) is 7.05 Å². The van der Waals surface area contributed by atoms with E-state index in [1.54, 1.807) is 0 Å². The normalized spacial score (nSPS) is 18.4. The van der Waals surface area contributed by atoms with Crippen LogP contribution in [0, 0.1) is 5.41 Å². The van der Waals surface area contributed by atoms with Crippen molar-refractivity contribution < 1.29 is 14.0 Å². The first-order valence-electron chi connectivity index (χ1n) is 10.6. The third-order valence-corrected chi connectivity index (χ3v) is 6.86. The van der Waals surface area contributed by atoms with Crippen molar-refractivity contribution in [1.29, 1.82) is 0 Å². The maximum Gasteiger partial charge on any atom is 0.399 e. The van der Waals surface area contributed by atoms with Gasteiger partial charge in [0.1, 0.15) is 0 Å². The molecule has 2 amide bonds. The summed E-state index contributed by atoms with van der Waals surface area (Å²) in [6.07, 6.45) is 5.73. The molecule has 29 heavy (non-hydrogen) atoms. The van der Waals surface area contributed by atoms with Crippen LogP contribution < -0.4 is 10.2 Å². The van der Waals surface area contributed by atoms with Crippen LogP contribution in [0.4, 0.5) is 14.9 Å². The van der Waals surface area contributed by atoms with E-state index in [0.717, 1.165) is 68.6 Å². The summed E-state index contributed by atoms with van der Waals surface area (Å²) < 4.78 is 12.7. The molecule has 1 aliphatic heterocycles. The molecule has 160 valence electrons. The zero-order valence-electron chi connectivity index (χ0n) is 17.3. The number of rotatable bonds is 8. The fraction of sp³-hybridized carbons (Fsp3) is 0.636. The number of anilines is 1. The fourth-order valence-corrected chi connectivity index (χ4v) is 4.44. The van der Waals surface area contributed by atoms with Crippen LogP contribution in [0.25, 0.3) is 0 Å². The minimum absolute atomic E-state index is 0.0931. The van der Waals surface area contributed by atoms with Gasteiger partial charge in [-0.15, -0.1) is 4.39 Å². The van der Waals surface area contributed by atoms with Gasteiger partial charge in [0.25, 0.3) is 5.91 Å². The highest BCUT2D eigenvalue weighted by molar-refractivity contribution is 6.34. The van der Waals surface area contributed by atoms with Gasteiger partial charge in [-0.2, -0.15) is 0 Å². The third kappa shape index (κ3) is 5.62. The van der Waals surface area contributed by atoms with Crippen LogP contribution in [-0.4, -0.2) is 49.7 Å². The number of carbonyl (C=O) groups is 2. The first-order chi connectivity index (χ1) is 13.8. The third-order valence-electron chi connectivity index (χ3n) is 6.55. The molecule has 0 bridgehead atoms. The summed E-state index contributed by atoms with van der Waals surface area (Å²) in [4.78, 5) is 26.5. The zero-order chi connectivity index (χ0) is 21.0. The highest BCUT2D eigenvalue weighted by atomic mass is 35.5. The van der Waals surface area contributed by atoms with Gasteiger partial charge in [-0.1, -0.05) is 24.9 Å². The Kier molecular flexibility index (Phi) is 7.04. The number of hydrogen-bond donors (Lipinski definition) is 1. The molecule has 1 saturated carbocycles. The number of benzene rings is 1. The predicted octanol–water partition coefficient (Wildman–Crippen LogP) is 5.03. The monoisotopic (exact) mass is 423 g/mol. The zero-order valence-corrected chi connectivity index (χ0v) is 18.1. The molecule has 1 N–H and O–H groups in total. The lowest BCUT2D eigenvalue weighted by Crippen LogP contribution is -2.40. The molecule has 0 aromatic heterocycles. The lowest BCUT2D eigenvalue weighted by atomic mass is 9.72. The Balaban J connectivity index is 1.55. The van der Waals surface area contributed by atoms with Gasteiger partial charge in [0.15, 0.2) is 0 Å². The molecule has 3 rings (SSSR count). The van der Waals surface area contributed by atoms with E-state index < -0.39 is 6.16 Å². The van der Waals surface area contributed by atoms with Crippen LogP contribution in [0.3, 0.4) is 0 Å². The highest BCUT2D eigenvalue weighted by Crippen LogP contribution is 2.40. The number of hydrogen-bond acceptors (Lipinski definition) is 3. The Hall–Kier alpha value is -1.82. The molecule has 1 heterocycles. The van der Waals surface area contributed by atoms with Gasteiger partial charge in [-0.3, -0.25) is 4.79 Å². The van der Waals surface area contributed by atoms with Crippen molar-refractivity contribution in [1.82, 2.24) is 10.2 Å². The molecule has 0 atom stereocenters. The summed E-state index contributed by atoms with van der Waals surface area (Å²) in [5.74, 6) is -0.0931. The minimum Gasteiger partial charge on any atom is -0.371 e. The molecule has 2 aliphatic rings. The summed E-state index contributed by atoms with van der Waals surface area (Å²) >= 11 is 6.40. The van der Waals surface area contributed by atoms with Gasteiger partial charge in [0.2, 0.25) is 0 Å². The van der Waals surface area contributed by atoms with Crippen LogP contribution in [0.2, 0.25) is 5.02 Å². The highest BCUT2D eigenvalue weighted by Gasteiger charge is 2.33. The van der Waals surface area contributed by atoms with Crippen molar-refractivity contribution in [2.45, 2.75) is 57.9 Å². The van der Waals surface area contributed by atoms with E-state index >= 15 is 0 Å². The van der Waals surface area contributed by atoms with Gasteiger partial charge in [-0.25, -0.2) is 4.79 Å². The van der Waals surface area contributed by atoms with E-state index in [4.69, 9.17) is 11.6 Å². The molecule has 1 aromatic carbocycles. The second kappa shape index (κ2) is 9.33. The van der Waals surface area contributed by atoms with Crippen LogP contribution in [0.1, 0.15) is 62.2 Å². The average Bonchev–Trinajstić information content (AvgIpc) is 3.52. The Morgan fingerprint density at radius 2 is 2.00 bits per heavy atom. The molecule has 7 heteroatoms. The number of amides is 2. The summed E-state index contributed by atoms with van der Waals surface area (Å²) in [5.41, 5.74) is 1.82. The molecule has 1 aliphatic carbocycles. The number of nitrogens with one attached hydrogen (secondary N) is 1. The molecule has 0 spiro atoms. The van der Waals surface area contributed by atoms with E-state index in [-0.39, 0.29) is 11.3 Å². The average molecular weight is 424 g/mol. The summed E-state index contributed by atoms with van der Waals surface area (Å²) in [6, 6.07) is 6.00. The molecular formula is C22H31ClFN3O2. The van der Waals surface area contributed by atoms with Crippen LogP contribution in [0.15, 0.2) is 18.2 Å². The SMILES string of the molecule is CCC1(CCCN(C)C(=O)F)CCN(c2ccc(C(=O)NC3CC3)c(Cl)c2)CC1. The molecule has 0 unspecified atom stereocenters. The van der Waals surface area contributed by atoms with Gasteiger partial charge >= 0.3 is 6.16 Å². The van der Waals surface area contributed by atoms with E-state index in [9.17, 15) is 14.0 Å². The summed E-state index contributed by atoms with van der Waals surface area (Å²) in [7, 11) is 1.50. The number of piperidine rings is 1. The first-order valence-corrected chi connectivity index (χ1v) is 11.0. The van der Waals surface area contributed by atoms with Crippen molar-refractivity contribution in [3.05, 3.63) is 28.8 Å². The summed E-state index contributed by atoms with van der Waals surface area (Å²) in [6.45, 7) is 4.52. The Labute approximate surface area is 177 Å². The maximum atomic E-state index is 12.7. The summed E-state index contributed by atoms with van der Waals surface area (Å²) in [5, 5.41) is 3.47. The maximum absolute atomic E-state index is 12.7. The quantitative estimate of drug-likeness (QED) is 0.471. The van der Waals surface area contributed by atoms with Crippen molar-refractivity contribution in [2.24, 2.45) is 5.41 Å². The topological polar surface area (TPSA) is 52.7 Å². The van der Waals surface area contributed by atoms with Gasteiger partial charge in [0, 0.05) is 38.4 Å². The van der Waals surface area contributed by atoms with E-state index in [0.29, 0.717) is 23.2 Å². The fourth-order valence-electron chi connectivity index (χ4n) is 4.17. The lowest BCUT2D eigenvalue weighted by molar-refractivity contribution is 0.0951. The standard InChI is InChI=1S/C22H31ClFN3O2/c1-3-22(9-4-12-26(2)21(24)29)10-13-27(14-11-22)17-7-8-18(19(23)15-17)20(28)25-16-5-6-16/h7-8,15-16H,3-6,9-14H2,1-2H3,(H,25,28). The predicted molar refractivity (Wildman–Crippen MR) is 114 cm³/mol. The second-order valence-electron chi connectivity index (χ2n) is 8.53. The van der Waals surface area contributed by atoms with Crippen molar-refractivity contribution in [3.63, 3.8) is 0 Å². The molecule has 1 saturated heterocycles. The molecule has 0 radical (unpaired) electrons. The van der Waals surface area contributed by atoms with E-state index in [2.05, 4.69) is 17.1 Å². The molecule has 1 aromatic rings. The van der Waals surface area contributed by atoms with Crippen LogP contribution in [-0.2, 0) is 0 Å². The van der Waals surface area contributed by atoms with Crippen LogP contribution >= 0.6 is 11.6 Å². The van der Waals surface area contributed by atoms with Gasteiger partial charge in [-0.05, 0) is 62.1 Å². The smallest absolute Gasteiger partial charge is 0.371 e. The molecular weight excluding hydrogens is 393 g/mol. The Morgan fingerprint density at radius 3 is 2.55 bits per heavy atom. The minimum atomic E-state index is -1.36. The molecule has 5 nitrogen and oxygen atoms in total. The first kappa shape index (κ1) is 21.9. The van der Waals surface area contributed by atoms with Gasteiger partial charge < -0.3 is 15.1 Å². The van der Waals surface area contributed by atoms with Crippen molar-refractivity contribution in [2.75, 3.05) is 31.6 Å². The number of carbonyl (C=O) groups excluding carboxylic acids is 2. The van der Waals surface area contributed by atoms with Crippen molar-refractivity contribution >= 4 is 29.4 Å². The number of halogens is 2. The van der Waals surface area contributed by atoms with E-state index in [1.807, 2.05) is 18.2 Å².